The molecule has 0 saturated carbocycles. The third-order valence-corrected chi connectivity index (χ3v) is 3.78. The molecular formula is C11H17ClN2OS. The van der Waals surface area contributed by atoms with E-state index in [0.717, 1.165) is 30.8 Å². The summed E-state index contributed by atoms with van der Waals surface area (Å²) in [6.07, 6.45) is 2.13. The quantitative estimate of drug-likeness (QED) is 0.882. The molecule has 1 aromatic rings. The lowest BCUT2D eigenvalue weighted by molar-refractivity contribution is 0.0712. The van der Waals surface area contributed by atoms with E-state index in [1.54, 1.807) is 0 Å². The van der Waals surface area contributed by atoms with Crippen LogP contribution in [0.25, 0.3) is 0 Å². The van der Waals surface area contributed by atoms with E-state index in [0.29, 0.717) is 6.04 Å². The number of nitrogens with one attached hydrogen (secondary N) is 1. The second-order valence-electron chi connectivity index (χ2n) is 3.83. The van der Waals surface area contributed by atoms with Crippen molar-refractivity contribution < 1.29 is 4.79 Å². The number of likely N-dealkylation sites (tertiary alicyclic amines) is 1. The highest BCUT2D eigenvalue weighted by molar-refractivity contribution is 7.12. The SMILES string of the molecule is CNC1CCN(C(=O)c2cccs2)CC1.Cl. The summed E-state index contributed by atoms with van der Waals surface area (Å²) in [5.41, 5.74) is 0. The number of amides is 1. The molecule has 1 fully saturated rings. The Morgan fingerprint density at radius 1 is 1.50 bits per heavy atom. The van der Waals surface area contributed by atoms with Crippen molar-refractivity contribution in [2.75, 3.05) is 20.1 Å². The average Bonchev–Trinajstić information content (AvgIpc) is 2.82. The number of nitrogens with zero attached hydrogens (tertiary/aromatic N) is 1. The van der Waals surface area contributed by atoms with Crippen LogP contribution in [0.4, 0.5) is 0 Å². The summed E-state index contributed by atoms with van der Waals surface area (Å²) >= 11 is 1.52. The molecule has 16 heavy (non-hydrogen) atoms. The molecule has 2 rings (SSSR count). The Hall–Kier alpha value is -0.580. The van der Waals surface area contributed by atoms with E-state index in [-0.39, 0.29) is 18.3 Å². The molecule has 1 N–H and O–H groups in total. The lowest BCUT2D eigenvalue weighted by Crippen LogP contribution is -2.43. The van der Waals surface area contributed by atoms with Crippen LogP contribution in [0.3, 0.4) is 0 Å². The minimum atomic E-state index is 0. The summed E-state index contributed by atoms with van der Waals surface area (Å²) in [5.74, 6) is 0.194. The number of hydrogen-bond acceptors (Lipinski definition) is 3. The minimum Gasteiger partial charge on any atom is -0.338 e. The van der Waals surface area contributed by atoms with Crippen molar-refractivity contribution in [1.82, 2.24) is 10.2 Å². The fourth-order valence-corrected chi connectivity index (χ4v) is 2.62. The number of carbonyl (C=O) groups is 1. The second kappa shape index (κ2) is 6.23. The molecule has 0 aliphatic carbocycles. The zero-order valence-electron chi connectivity index (χ0n) is 9.31. The molecule has 0 unspecified atom stereocenters. The highest BCUT2D eigenvalue weighted by Gasteiger charge is 2.22. The summed E-state index contributed by atoms with van der Waals surface area (Å²) in [6, 6.07) is 4.41. The highest BCUT2D eigenvalue weighted by atomic mass is 35.5. The molecule has 1 aliphatic heterocycles. The Balaban J connectivity index is 0.00000128. The Bertz CT molecular complexity index is 321. The van der Waals surface area contributed by atoms with Gasteiger partial charge in [-0.3, -0.25) is 4.79 Å². The van der Waals surface area contributed by atoms with Crippen molar-refractivity contribution in [1.29, 1.82) is 0 Å². The van der Waals surface area contributed by atoms with E-state index in [9.17, 15) is 4.79 Å². The van der Waals surface area contributed by atoms with Crippen LogP contribution < -0.4 is 5.32 Å². The smallest absolute Gasteiger partial charge is 0.263 e. The molecule has 0 radical (unpaired) electrons. The summed E-state index contributed by atoms with van der Waals surface area (Å²) in [4.78, 5) is 14.8. The first-order valence-electron chi connectivity index (χ1n) is 5.31. The van der Waals surface area contributed by atoms with Gasteiger partial charge in [-0.1, -0.05) is 6.07 Å². The van der Waals surface area contributed by atoms with Gasteiger partial charge < -0.3 is 10.2 Å². The fourth-order valence-electron chi connectivity index (χ4n) is 1.93. The third-order valence-electron chi connectivity index (χ3n) is 2.92. The monoisotopic (exact) mass is 260 g/mol. The van der Waals surface area contributed by atoms with Crippen LogP contribution in [0.1, 0.15) is 22.5 Å². The summed E-state index contributed by atoms with van der Waals surface area (Å²) < 4.78 is 0. The normalized spacial score (nSPS) is 16.9. The van der Waals surface area contributed by atoms with Crippen LogP contribution in [-0.2, 0) is 0 Å². The molecule has 0 spiro atoms. The lowest BCUT2D eigenvalue weighted by Gasteiger charge is -2.31. The summed E-state index contributed by atoms with van der Waals surface area (Å²) in [7, 11) is 1.99. The zero-order valence-corrected chi connectivity index (χ0v) is 10.9. The maximum Gasteiger partial charge on any atom is 0.263 e. The van der Waals surface area contributed by atoms with Crippen molar-refractivity contribution in [2.24, 2.45) is 0 Å². The van der Waals surface area contributed by atoms with E-state index in [1.807, 2.05) is 29.5 Å². The molecule has 0 bridgehead atoms. The highest BCUT2D eigenvalue weighted by Crippen LogP contribution is 2.16. The van der Waals surface area contributed by atoms with Gasteiger partial charge in [0.1, 0.15) is 0 Å². The molecule has 1 saturated heterocycles. The summed E-state index contributed by atoms with van der Waals surface area (Å²) in [6.45, 7) is 1.75. The van der Waals surface area contributed by atoms with Gasteiger partial charge in [0.05, 0.1) is 4.88 Å². The van der Waals surface area contributed by atoms with E-state index >= 15 is 0 Å². The predicted octanol–water partition coefficient (Wildman–Crippen LogP) is 1.99. The van der Waals surface area contributed by atoms with E-state index in [2.05, 4.69) is 5.32 Å². The zero-order chi connectivity index (χ0) is 10.7. The van der Waals surface area contributed by atoms with Crippen molar-refractivity contribution in [2.45, 2.75) is 18.9 Å². The predicted molar refractivity (Wildman–Crippen MR) is 69.6 cm³/mol. The van der Waals surface area contributed by atoms with Crippen LogP contribution >= 0.6 is 23.7 Å². The Labute approximate surface area is 106 Å². The van der Waals surface area contributed by atoms with Gasteiger partial charge in [0.25, 0.3) is 5.91 Å². The molecule has 1 aliphatic rings. The largest absolute Gasteiger partial charge is 0.338 e. The van der Waals surface area contributed by atoms with Gasteiger partial charge in [-0.25, -0.2) is 0 Å². The van der Waals surface area contributed by atoms with Crippen LogP contribution in [0.5, 0.6) is 0 Å². The first-order chi connectivity index (χ1) is 7.31. The van der Waals surface area contributed by atoms with Crippen LogP contribution in [0.15, 0.2) is 17.5 Å². The first kappa shape index (κ1) is 13.5. The van der Waals surface area contributed by atoms with Gasteiger partial charge in [-0.15, -0.1) is 23.7 Å². The molecule has 1 amide bonds. The standard InChI is InChI=1S/C11H16N2OS.ClH/c1-12-9-4-6-13(7-5-9)11(14)10-3-2-8-15-10;/h2-3,8-9,12H,4-7H2,1H3;1H. The van der Waals surface area contributed by atoms with Gasteiger partial charge >= 0.3 is 0 Å². The van der Waals surface area contributed by atoms with Gasteiger partial charge in [-0.05, 0) is 31.3 Å². The molecule has 2 heterocycles. The van der Waals surface area contributed by atoms with Crippen LogP contribution in [-0.4, -0.2) is 37.0 Å². The Kier molecular flexibility index (Phi) is 5.25. The minimum absolute atomic E-state index is 0. The molecule has 1 aromatic heterocycles. The van der Waals surface area contributed by atoms with Crippen molar-refractivity contribution in [3.05, 3.63) is 22.4 Å². The molecule has 5 heteroatoms. The maximum atomic E-state index is 12.0. The van der Waals surface area contributed by atoms with Gasteiger partial charge in [-0.2, -0.15) is 0 Å². The number of carbonyl (C=O) groups excluding carboxylic acids is 1. The molecule has 0 atom stereocenters. The average molecular weight is 261 g/mol. The number of halogens is 1. The molecule has 0 aromatic carbocycles. The van der Waals surface area contributed by atoms with Gasteiger partial charge in [0, 0.05) is 19.1 Å². The van der Waals surface area contributed by atoms with Crippen molar-refractivity contribution in [3.63, 3.8) is 0 Å². The number of rotatable bonds is 2. The molecule has 90 valence electrons. The number of thiophene rings is 1. The number of hydrogen-bond donors (Lipinski definition) is 1. The Morgan fingerprint density at radius 2 is 2.19 bits per heavy atom. The molecular weight excluding hydrogens is 244 g/mol. The van der Waals surface area contributed by atoms with E-state index in [4.69, 9.17) is 0 Å². The maximum absolute atomic E-state index is 12.0. The van der Waals surface area contributed by atoms with E-state index in [1.165, 1.54) is 11.3 Å². The third kappa shape index (κ3) is 2.97. The first-order valence-corrected chi connectivity index (χ1v) is 6.19. The number of piperidine rings is 1. The van der Waals surface area contributed by atoms with Gasteiger partial charge in [0.2, 0.25) is 0 Å². The van der Waals surface area contributed by atoms with Gasteiger partial charge in [0.15, 0.2) is 0 Å². The summed E-state index contributed by atoms with van der Waals surface area (Å²) in [5, 5.41) is 5.21. The van der Waals surface area contributed by atoms with Crippen LogP contribution in [0, 0.1) is 0 Å². The topological polar surface area (TPSA) is 32.3 Å². The fraction of sp³-hybridized carbons (Fsp3) is 0.545. The van der Waals surface area contributed by atoms with Crippen LogP contribution in [0.2, 0.25) is 0 Å². The second-order valence-corrected chi connectivity index (χ2v) is 4.78. The van der Waals surface area contributed by atoms with Crippen molar-refractivity contribution in [3.8, 4) is 0 Å². The van der Waals surface area contributed by atoms with E-state index < -0.39 is 0 Å². The lowest BCUT2D eigenvalue weighted by atomic mass is 10.1. The molecule has 3 nitrogen and oxygen atoms in total. The Morgan fingerprint density at radius 3 is 2.69 bits per heavy atom. The van der Waals surface area contributed by atoms with Crippen molar-refractivity contribution >= 4 is 29.7 Å².